The van der Waals surface area contributed by atoms with Crippen LogP contribution in [0.5, 0.6) is 0 Å². The standard InChI is InChI=1S/C8H15N5/c1-2-3-4-13-6-11-8(10-5-9)12-7-13/h2-4,6-7H2,1H3,(H2,10,11,12). The molecule has 72 valence electrons. The molecule has 5 nitrogen and oxygen atoms in total. The van der Waals surface area contributed by atoms with Crippen molar-refractivity contribution in [2.75, 3.05) is 19.9 Å². The summed E-state index contributed by atoms with van der Waals surface area (Å²) in [6.45, 7) is 4.80. The SMILES string of the molecule is CCCCN1CNC(=NC#N)NC1. The largest absolute Gasteiger partial charge is 0.343 e. The van der Waals surface area contributed by atoms with Crippen molar-refractivity contribution >= 4 is 5.96 Å². The van der Waals surface area contributed by atoms with Gasteiger partial charge in [-0.1, -0.05) is 13.3 Å². The fraction of sp³-hybridized carbons (Fsp3) is 0.750. The summed E-state index contributed by atoms with van der Waals surface area (Å²) in [5, 5.41) is 14.3. The average molecular weight is 181 g/mol. The van der Waals surface area contributed by atoms with E-state index in [1.807, 2.05) is 0 Å². The third-order valence-corrected chi connectivity index (χ3v) is 1.93. The summed E-state index contributed by atoms with van der Waals surface area (Å²) in [5.74, 6) is 0.579. The van der Waals surface area contributed by atoms with Gasteiger partial charge in [-0.25, -0.2) is 0 Å². The minimum absolute atomic E-state index is 0.579. The van der Waals surface area contributed by atoms with Crippen molar-refractivity contribution in [3.05, 3.63) is 0 Å². The van der Waals surface area contributed by atoms with Crippen molar-refractivity contribution < 1.29 is 0 Å². The predicted octanol–water partition coefficient (Wildman–Crippen LogP) is 0.0334. The molecule has 0 aromatic rings. The van der Waals surface area contributed by atoms with Crippen LogP contribution < -0.4 is 10.6 Å². The van der Waals surface area contributed by atoms with Gasteiger partial charge in [-0.15, -0.1) is 4.99 Å². The molecule has 13 heavy (non-hydrogen) atoms. The molecule has 1 heterocycles. The Morgan fingerprint density at radius 2 is 2.23 bits per heavy atom. The van der Waals surface area contributed by atoms with Crippen molar-refractivity contribution in [3.8, 4) is 6.19 Å². The molecule has 1 aliphatic heterocycles. The lowest BCUT2D eigenvalue weighted by Crippen LogP contribution is -2.54. The Hall–Kier alpha value is -1.28. The van der Waals surface area contributed by atoms with Crippen molar-refractivity contribution in [3.63, 3.8) is 0 Å². The number of unbranched alkanes of at least 4 members (excludes halogenated alkanes) is 1. The third kappa shape index (κ3) is 3.30. The molecule has 0 bridgehead atoms. The lowest BCUT2D eigenvalue weighted by Gasteiger charge is -2.29. The van der Waals surface area contributed by atoms with Crippen LogP contribution in [-0.2, 0) is 0 Å². The summed E-state index contributed by atoms with van der Waals surface area (Å²) in [6, 6.07) is 0. The lowest BCUT2D eigenvalue weighted by molar-refractivity contribution is 0.239. The number of nitrogens with zero attached hydrogens (tertiary/aromatic N) is 3. The molecule has 0 aromatic carbocycles. The highest BCUT2D eigenvalue weighted by Crippen LogP contribution is 1.94. The van der Waals surface area contributed by atoms with E-state index in [0.717, 1.165) is 19.9 Å². The molecule has 1 saturated heterocycles. The molecule has 0 aliphatic carbocycles. The van der Waals surface area contributed by atoms with Gasteiger partial charge in [0.2, 0.25) is 12.2 Å². The highest BCUT2D eigenvalue weighted by atomic mass is 15.4. The topological polar surface area (TPSA) is 63.5 Å². The van der Waals surface area contributed by atoms with E-state index in [1.165, 1.54) is 12.8 Å². The Labute approximate surface area is 78.4 Å². The minimum Gasteiger partial charge on any atom is -0.343 e. The first-order valence-electron chi connectivity index (χ1n) is 4.53. The molecular weight excluding hydrogens is 166 g/mol. The smallest absolute Gasteiger partial charge is 0.209 e. The molecule has 1 fully saturated rings. The monoisotopic (exact) mass is 181 g/mol. The van der Waals surface area contributed by atoms with E-state index < -0.39 is 0 Å². The van der Waals surface area contributed by atoms with Gasteiger partial charge in [0.25, 0.3) is 0 Å². The van der Waals surface area contributed by atoms with Gasteiger partial charge in [0.05, 0.1) is 13.3 Å². The van der Waals surface area contributed by atoms with Crippen LogP contribution in [0.1, 0.15) is 19.8 Å². The first kappa shape index (κ1) is 9.81. The van der Waals surface area contributed by atoms with Gasteiger partial charge in [0.1, 0.15) is 0 Å². The second-order valence-corrected chi connectivity index (χ2v) is 2.98. The zero-order valence-electron chi connectivity index (χ0n) is 7.88. The van der Waals surface area contributed by atoms with Crippen LogP contribution >= 0.6 is 0 Å². The van der Waals surface area contributed by atoms with Crippen LogP contribution in [0.3, 0.4) is 0 Å². The Kier molecular flexibility index (Phi) is 4.06. The van der Waals surface area contributed by atoms with Gasteiger partial charge in [0, 0.05) is 6.54 Å². The maximum absolute atomic E-state index is 8.29. The molecule has 0 atom stereocenters. The van der Waals surface area contributed by atoms with Crippen molar-refractivity contribution in [1.29, 1.82) is 5.26 Å². The van der Waals surface area contributed by atoms with E-state index in [9.17, 15) is 0 Å². The summed E-state index contributed by atoms with van der Waals surface area (Å²) in [4.78, 5) is 5.81. The summed E-state index contributed by atoms with van der Waals surface area (Å²) in [6.07, 6.45) is 4.15. The molecule has 0 saturated carbocycles. The Bertz CT molecular complexity index is 207. The highest BCUT2D eigenvalue weighted by Gasteiger charge is 2.11. The number of aliphatic imine (C=N–C) groups is 1. The first-order chi connectivity index (χ1) is 6.36. The Morgan fingerprint density at radius 1 is 1.54 bits per heavy atom. The van der Waals surface area contributed by atoms with E-state index in [4.69, 9.17) is 5.26 Å². The number of hydrogen-bond acceptors (Lipinski definition) is 3. The number of guanidine groups is 1. The van der Waals surface area contributed by atoms with Crippen LogP contribution in [-0.4, -0.2) is 30.7 Å². The first-order valence-corrected chi connectivity index (χ1v) is 4.53. The molecule has 2 N–H and O–H groups in total. The van der Waals surface area contributed by atoms with Gasteiger partial charge in [-0.2, -0.15) is 5.26 Å². The van der Waals surface area contributed by atoms with E-state index in [-0.39, 0.29) is 0 Å². The van der Waals surface area contributed by atoms with Crippen molar-refractivity contribution in [2.45, 2.75) is 19.8 Å². The fourth-order valence-electron chi connectivity index (χ4n) is 1.16. The summed E-state index contributed by atoms with van der Waals surface area (Å²) >= 11 is 0. The van der Waals surface area contributed by atoms with Crippen LogP contribution in [0.15, 0.2) is 4.99 Å². The second-order valence-electron chi connectivity index (χ2n) is 2.98. The molecule has 1 rings (SSSR count). The Balaban J connectivity index is 2.23. The van der Waals surface area contributed by atoms with Gasteiger partial charge < -0.3 is 10.6 Å². The van der Waals surface area contributed by atoms with Gasteiger partial charge in [0.15, 0.2) is 0 Å². The molecule has 0 amide bonds. The Morgan fingerprint density at radius 3 is 2.77 bits per heavy atom. The van der Waals surface area contributed by atoms with Gasteiger partial charge >= 0.3 is 0 Å². The molecule has 0 spiro atoms. The molecule has 0 radical (unpaired) electrons. The van der Waals surface area contributed by atoms with Crippen molar-refractivity contribution in [2.24, 2.45) is 4.99 Å². The van der Waals surface area contributed by atoms with Crippen LogP contribution in [0, 0.1) is 11.5 Å². The normalized spacial score (nSPS) is 17.1. The van der Waals surface area contributed by atoms with E-state index >= 15 is 0 Å². The number of hydrogen-bond donors (Lipinski definition) is 2. The quantitative estimate of drug-likeness (QED) is 0.603. The molecular formula is C8H15N5. The molecule has 0 unspecified atom stereocenters. The van der Waals surface area contributed by atoms with Gasteiger partial charge in [-0.3, -0.25) is 4.90 Å². The minimum atomic E-state index is 0.579. The molecule has 5 heteroatoms. The van der Waals surface area contributed by atoms with E-state index in [2.05, 4.69) is 27.4 Å². The van der Waals surface area contributed by atoms with Crippen LogP contribution in [0.25, 0.3) is 0 Å². The zero-order valence-corrected chi connectivity index (χ0v) is 7.88. The lowest BCUT2D eigenvalue weighted by atomic mass is 10.3. The zero-order chi connectivity index (χ0) is 9.52. The summed E-state index contributed by atoms with van der Waals surface area (Å²) in [5.41, 5.74) is 0. The number of nitriles is 1. The summed E-state index contributed by atoms with van der Waals surface area (Å²) < 4.78 is 0. The van der Waals surface area contributed by atoms with Crippen LogP contribution in [0.2, 0.25) is 0 Å². The highest BCUT2D eigenvalue weighted by molar-refractivity contribution is 5.80. The van der Waals surface area contributed by atoms with E-state index in [0.29, 0.717) is 5.96 Å². The predicted molar refractivity (Wildman–Crippen MR) is 50.7 cm³/mol. The van der Waals surface area contributed by atoms with Crippen LogP contribution in [0.4, 0.5) is 0 Å². The average Bonchev–Trinajstić information content (AvgIpc) is 2.17. The third-order valence-electron chi connectivity index (χ3n) is 1.93. The second kappa shape index (κ2) is 5.38. The molecule has 0 aromatic heterocycles. The fourth-order valence-corrected chi connectivity index (χ4v) is 1.16. The number of nitrogens with one attached hydrogen (secondary N) is 2. The van der Waals surface area contributed by atoms with Gasteiger partial charge in [-0.05, 0) is 6.42 Å². The van der Waals surface area contributed by atoms with Crippen molar-refractivity contribution in [1.82, 2.24) is 15.5 Å². The number of rotatable bonds is 3. The van der Waals surface area contributed by atoms with E-state index in [1.54, 1.807) is 6.19 Å². The maximum atomic E-state index is 8.29. The summed E-state index contributed by atoms with van der Waals surface area (Å²) in [7, 11) is 0. The molecule has 1 aliphatic rings. The maximum Gasteiger partial charge on any atom is 0.209 e.